The zero-order valence-corrected chi connectivity index (χ0v) is 18.0. The number of hydrogen-bond donors (Lipinski definition) is 3. The number of benzene rings is 2. The van der Waals surface area contributed by atoms with Crippen molar-refractivity contribution in [2.24, 2.45) is 5.92 Å². The van der Waals surface area contributed by atoms with Gasteiger partial charge < -0.3 is 20.5 Å². The van der Waals surface area contributed by atoms with Crippen molar-refractivity contribution in [1.82, 2.24) is 10.6 Å². The summed E-state index contributed by atoms with van der Waals surface area (Å²) in [6.07, 6.45) is 3.43. The van der Waals surface area contributed by atoms with Gasteiger partial charge in [0.1, 0.15) is 6.61 Å². The Balaban J connectivity index is 1.43. The van der Waals surface area contributed by atoms with Gasteiger partial charge in [-0.15, -0.1) is 0 Å². The summed E-state index contributed by atoms with van der Waals surface area (Å²) in [4.78, 5) is 35.0. The molecule has 0 saturated carbocycles. The summed E-state index contributed by atoms with van der Waals surface area (Å²) in [7, 11) is 0. The van der Waals surface area contributed by atoms with Gasteiger partial charge in [-0.05, 0) is 28.7 Å². The summed E-state index contributed by atoms with van der Waals surface area (Å²) in [5, 5.41) is 14.3. The third kappa shape index (κ3) is 5.75. The smallest absolute Gasteiger partial charge is 0.407 e. The molecule has 1 unspecified atom stereocenters. The van der Waals surface area contributed by atoms with Gasteiger partial charge in [-0.25, -0.2) is 4.79 Å². The number of carbonyl (C=O) groups excluding carboxylic acids is 2. The van der Waals surface area contributed by atoms with E-state index in [1.165, 1.54) is 12.2 Å². The van der Waals surface area contributed by atoms with Crippen molar-refractivity contribution in [3.05, 3.63) is 71.8 Å². The molecule has 1 aliphatic rings. The Morgan fingerprint density at radius 1 is 1.03 bits per heavy atom. The fraction of sp³-hybridized carbons (Fsp3) is 0.320. The van der Waals surface area contributed by atoms with Gasteiger partial charge in [0.05, 0.1) is 5.92 Å². The quantitative estimate of drug-likeness (QED) is 0.493. The molecule has 3 N–H and O–H groups in total. The van der Waals surface area contributed by atoms with Crippen molar-refractivity contribution in [3.8, 4) is 11.1 Å². The SMILES string of the molecule is CCCC(CNC(=O)/C=C/CNC(=O)OCC1c2ccccc2-c2ccccc21)C(=O)O. The molecule has 168 valence electrons. The minimum Gasteiger partial charge on any atom is -0.481 e. The van der Waals surface area contributed by atoms with Gasteiger partial charge in [0.15, 0.2) is 0 Å². The van der Waals surface area contributed by atoms with Gasteiger partial charge in [-0.1, -0.05) is 68.0 Å². The van der Waals surface area contributed by atoms with Crippen LogP contribution in [0.4, 0.5) is 4.79 Å². The molecule has 3 rings (SSSR count). The van der Waals surface area contributed by atoms with E-state index >= 15 is 0 Å². The topological polar surface area (TPSA) is 105 Å². The van der Waals surface area contributed by atoms with E-state index in [4.69, 9.17) is 9.84 Å². The summed E-state index contributed by atoms with van der Waals surface area (Å²) in [5.74, 6) is -1.94. The van der Waals surface area contributed by atoms with Crippen LogP contribution < -0.4 is 10.6 Å². The summed E-state index contributed by atoms with van der Waals surface area (Å²) in [6.45, 7) is 2.32. The largest absolute Gasteiger partial charge is 0.481 e. The molecule has 0 aliphatic heterocycles. The molecule has 2 aromatic rings. The molecule has 7 nitrogen and oxygen atoms in total. The number of amides is 2. The Hall–Kier alpha value is -3.61. The molecule has 1 atom stereocenters. The van der Waals surface area contributed by atoms with Gasteiger partial charge in [0.2, 0.25) is 5.91 Å². The van der Waals surface area contributed by atoms with E-state index < -0.39 is 23.9 Å². The third-order valence-electron chi connectivity index (χ3n) is 5.49. The van der Waals surface area contributed by atoms with Crippen LogP contribution in [0.5, 0.6) is 0 Å². The molecule has 7 heteroatoms. The maximum absolute atomic E-state index is 12.1. The molecular weight excluding hydrogens is 408 g/mol. The van der Waals surface area contributed by atoms with Crippen LogP contribution in [0.1, 0.15) is 36.8 Å². The number of ether oxygens (including phenoxy) is 1. The molecule has 2 amide bonds. The van der Waals surface area contributed by atoms with Crippen LogP contribution in [-0.2, 0) is 14.3 Å². The molecule has 0 bridgehead atoms. The summed E-state index contributed by atoms with van der Waals surface area (Å²) < 4.78 is 5.43. The number of rotatable bonds is 10. The first-order valence-electron chi connectivity index (χ1n) is 10.8. The Labute approximate surface area is 187 Å². The van der Waals surface area contributed by atoms with Crippen LogP contribution in [0, 0.1) is 5.92 Å². The van der Waals surface area contributed by atoms with Crippen LogP contribution >= 0.6 is 0 Å². The van der Waals surface area contributed by atoms with E-state index in [1.807, 2.05) is 31.2 Å². The lowest BCUT2D eigenvalue weighted by Crippen LogP contribution is -2.32. The highest BCUT2D eigenvalue weighted by molar-refractivity contribution is 5.88. The predicted molar refractivity (Wildman–Crippen MR) is 121 cm³/mol. The summed E-state index contributed by atoms with van der Waals surface area (Å²) >= 11 is 0. The number of alkyl carbamates (subject to hydrolysis) is 1. The first-order valence-corrected chi connectivity index (χ1v) is 10.8. The second-order valence-corrected chi connectivity index (χ2v) is 7.68. The van der Waals surface area contributed by atoms with Crippen LogP contribution in [0.3, 0.4) is 0 Å². The number of carboxylic acid groups (broad SMARTS) is 1. The molecular formula is C25H28N2O5. The fourth-order valence-corrected chi connectivity index (χ4v) is 3.90. The van der Waals surface area contributed by atoms with Crippen molar-refractivity contribution in [1.29, 1.82) is 0 Å². The van der Waals surface area contributed by atoms with Crippen molar-refractivity contribution in [2.75, 3.05) is 19.7 Å². The normalized spacial score (nSPS) is 13.3. The van der Waals surface area contributed by atoms with Crippen molar-refractivity contribution < 1.29 is 24.2 Å². The summed E-state index contributed by atoms with van der Waals surface area (Å²) in [6, 6.07) is 16.2. The lowest BCUT2D eigenvalue weighted by molar-refractivity contribution is -0.141. The minimum absolute atomic E-state index is 0.0141. The van der Waals surface area contributed by atoms with E-state index in [0.29, 0.717) is 6.42 Å². The molecule has 0 aromatic heterocycles. The fourth-order valence-electron chi connectivity index (χ4n) is 3.90. The minimum atomic E-state index is -0.923. The zero-order valence-electron chi connectivity index (χ0n) is 18.0. The molecule has 0 fully saturated rings. The van der Waals surface area contributed by atoms with Crippen LogP contribution in [0.15, 0.2) is 60.7 Å². The first kappa shape index (κ1) is 23.1. The number of nitrogens with one attached hydrogen (secondary N) is 2. The highest BCUT2D eigenvalue weighted by atomic mass is 16.5. The molecule has 0 radical (unpaired) electrons. The van der Waals surface area contributed by atoms with Crippen molar-refractivity contribution in [3.63, 3.8) is 0 Å². The number of hydrogen-bond acceptors (Lipinski definition) is 4. The van der Waals surface area contributed by atoms with Crippen LogP contribution in [0.25, 0.3) is 11.1 Å². The summed E-state index contributed by atoms with van der Waals surface area (Å²) in [5.41, 5.74) is 4.60. The van der Waals surface area contributed by atoms with E-state index in [9.17, 15) is 14.4 Å². The van der Waals surface area contributed by atoms with Crippen molar-refractivity contribution in [2.45, 2.75) is 25.7 Å². The highest BCUT2D eigenvalue weighted by Crippen LogP contribution is 2.44. The second kappa shape index (κ2) is 11.1. The third-order valence-corrected chi connectivity index (χ3v) is 5.49. The average molecular weight is 437 g/mol. The maximum atomic E-state index is 12.1. The van der Waals surface area contributed by atoms with Gasteiger partial charge >= 0.3 is 12.1 Å². The molecule has 0 saturated heterocycles. The average Bonchev–Trinajstić information content (AvgIpc) is 3.11. The van der Waals surface area contributed by atoms with Crippen molar-refractivity contribution >= 4 is 18.0 Å². The molecule has 0 spiro atoms. The lowest BCUT2D eigenvalue weighted by atomic mass is 9.98. The first-order chi connectivity index (χ1) is 15.5. The molecule has 0 heterocycles. The molecule has 32 heavy (non-hydrogen) atoms. The van der Waals surface area contributed by atoms with Crippen LogP contribution in [-0.4, -0.2) is 42.8 Å². The van der Waals surface area contributed by atoms with Gasteiger partial charge in [0.25, 0.3) is 0 Å². The monoisotopic (exact) mass is 436 g/mol. The predicted octanol–water partition coefficient (Wildman–Crippen LogP) is 3.70. The van der Waals surface area contributed by atoms with Crippen LogP contribution in [0.2, 0.25) is 0 Å². The maximum Gasteiger partial charge on any atom is 0.407 e. The van der Waals surface area contributed by atoms with E-state index in [2.05, 4.69) is 34.9 Å². The molecule has 1 aliphatic carbocycles. The van der Waals surface area contributed by atoms with E-state index in [1.54, 1.807) is 0 Å². The zero-order chi connectivity index (χ0) is 22.9. The number of fused-ring (bicyclic) bond motifs is 3. The Bertz CT molecular complexity index is 956. The second-order valence-electron chi connectivity index (χ2n) is 7.68. The van der Waals surface area contributed by atoms with E-state index in [-0.39, 0.29) is 25.6 Å². The Morgan fingerprint density at radius 2 is 1.66 bits per heavy atom. The van der Waals surface area contributed by atoms with Gasteiger partial charge in [-0.2, -0.15) is 0 Å². The van der Waals surface area contributed by atoms with Gasteiger partial charge in [0, 0.05) is 25.1 Å². The Morgan fingerprint density at radius 3 is 2.25 bits per heavy atom. The Kier molecular flexibility index (Phi) is 8.02. The van der Waals surface area contributed by atoms with Gasteiger partial charge in [-0.3, -0.25) is 9.59 Å². The van der Waals surface area contributed by atoms with E-state index in [0.717, 1.165) is 28.7 Å². The molecule has 2 aromatic carbocycles. The number of carbonyl (C=O) groups is 3. The highest BCUT2D eigenvalue weighted by Gasteiger charge is 2.28. The number of carboxylic acids is 1. The number of aliphatic carboxylic acids is 1. The lowest BCUT2D eigenvalue weighted by Gasteiger charge is -2.14. The standard InChI is InChI=1S/C25H28N2O5/c1-2-8-17(24(29)30)15-27-23(28)13-7-14-26-25(31)32-16-22-20-11-5-3-9-18(20)19-10-4-6-12-21(19)22/h3-7,9-13,17,22H,2,8,14-16H2,1H3,(H,26,31)(H,27,28)(H,29,30)/b13-7+.